The summed E-state index contributed by atoms with van der Waals surface area (Å²) >= 11 is 0. The van der Waals surface area contributed by atoms with Gasteiger partial charge >= 0.3 is 0 Å². The van der Waals surface area contributed by atoms with E-state index >= 15 is 0 Å². The average molecular weight is 381 g/mol. The van der Waals surface area contributed by atoms with E-state index in [1.54, 1.807) is 6.20 Å². The van der Waals surface area contributed by atoms with E-state index in [0.29, 0.717) is 19.0 Å². The summed E-state index contributed by atoms with van der Waals surface area (Å²) in [6.07, 6.45) is 1.70. The first-order valence-electron chi connectivity index (χ1n) is 9.64. The highest BCUT2D eigenvalue weighted by molar-refractivity contribution is 5.60. The lowest BCUT2D eigenvalue weighted by molar-refractivity contribution is 0.887. The molecular weight excluding hydrogens is 358 g/mol. The number of nitrogens with one attached hydrogen (secondary N) is 1. The summed E-state index contributed by atoms with van der Waals surface area (Å²) in [7, 11) is 0. The van der Waals surface area contributed by atoms with E-state index in [0.717, 1.165) is 11.5 Å². The Morgan fingerprint density at radius 2 is 1.52 bits per heavy atom. The molecule has 0 saturated heterocycles. The van der Waals surface area contributed by atoms with Crippen molar-refractivity contribution in [1.82, 2.24) is 15.2 Å². The number of anilines is 3. The van der Waals surface area contributed by atoms with Crippen LogP contribution in [0.1, 0.15) is 16.7 Å². The van der Waals surface area contributed by atoms with E-state index in [2.05, 4.69) is 63.7 Å². The standard InChI is InChI=1S/C24H23N5/c1-19-10-8-9-13-21(19)16-25-24-27-23(17-26-28-24)29(22-14-6-3-7-15-22)18-20-11-4-2-5-12-20/h2-15,17H,16,18H2,1H3,(H,25,27,28). The van der Waals surface area contributed by atoms with Crippen molar-refractivity contribution in [2.45, 2.75) is 20.0 Å². The Balaban J connectivity index is 1.59. The molecule has 4 rings (SSSR count). The van der Waals surface area contributed by atoms with Gasteiger partial charge in [0.25, 0.3) is 0 Å². The molecule has 1 heterocycles. The Bertz CT molecular complexity index is 1050. The lowest BCUT2D eigenvalue weighted by Crippen LogP contribution is -2.19. The number of rotatable bonds is 7. The smallest absolute Gasteiger partial charge is 0.244 e. The number of para-hydroxylation sites is 1. The van der Waals surface area contributed by atoms with Gasteiger partial charge < -0.3 is 10.2 Å². The largest absolute Gasteiger partial charge is 0.349 e. The fourth-order valence-corrected chi connectivity index (χ4v) is 3.16. The number of aromatic nitrogens is 3. The molecule has 3 aromatic carbocycles. The topological polar surface area (TPSA) is 53.9 Å². The van der Waals surface area contributed by atoms with E-state index < -0.39 is 0 Å². The van der Waals surface area contributed by atoms with Crippen molar-refractivity contribution in [2.75, 3.05) is 10.2 Å². The highest BCUT2D eigenvalue weighted by Crippen LogP contribution is 2.25. The summed E-state index contributed by atoms with van der Waals surface area (Å²) in [5.41, 5.74) is 4.70. The Labute approximate surface area is 171 Å². The van der Waals surface area contributed by atoms with Gasteiger partial charge in [-0.05, 0) is 35.7 Å². The van der Waals surface area contributed by atoms with Gasteiger partial charge in [0.05, 0.1) is 6.20 Å². The molecule has 5 nitrogen and oxygen atoms in total. The van der Waals surface area contributed by atoms with Gasteiger partial charge in [0.2, 0.25) is 5.95 Å². The maximum Gasteiger partial charge on any atom is 0.244 e. The van der Waals surface area contributed by atoms with Crippen LogP contribution in [-0.4, -0.2) is 15.2 Å². The van der Waals surface area contributed by atoms with E-state index in [4.69, 9.17) is 4.98 Å². The summed E-state index contributed by atoms with van der Waals surface area (Å²) in [4.78, 5) is 6.87. The van der Waals surface area contributed by atoms with Gasteiger partial charge in [-0.15, -0.1) is 5.10 Å². The molecule has 0 amide bonds. The highest BCUT2D eigenvalue weighted by Gasteiger charge is 2.13. The van der Waals surface area contributed by atoms with Crippen molar-refractivity contribution in [3.05, 3.63) is 108 Å². The minimum atomic E-state index is 0.514. The number of hydrogen-bond donors (Lipinski definition) is 1. The van der Waals surface area contributed by atoms with Gasteiger partial charge in [-0.25, -0.2) is 0 Å². The molecular formula is C24H23N5. The maximum absolute atomic E-state index is 4.73. The van der Waals surface area contributed by atoms with Gasteiger partial charge in [0, 0.05) is 18.8 Å². The molecule has 0 aliphatic heterocycles. The fraction of sp³-hybridized carbons (Fsp3) is 0.125. The van der Waals surface area contributed by atoms with Crippen molar-refractivity contribution >= 4 is 17.5 Å². The van der Waals surface area contributed by atoms with E-state index in [1.165, 1.54) is 16.7 Å². The Morgan fingerprint density at radius 3 is 2.28 bits per heavy atom. The normalized spacial score (nSPS) is 10.5. The summed E-state index contributed by atoms with van der Waals surface area (Å²) in [5.74, 6) is 1.27. The van der Waals surface area contributed by atoms with Crippen LogP contribution in [0.2, 0.25) is 0 Å². The second-order valence-electron chi connectivity index (χ2n) is 6.83. The van der Waals surface area contributed by atoms with Crippen molar-refractivity contribution < 1.29 is 0 Å². The van der Waals surface area contributed by atoms with Crippen LogP contribution in [0.15, 0.2) is 91.1 Å². The third kappa shape index (κ3) is 4.76. The number of nitrogens with zero attached hydrogens (tertiary/aromatic N) is 4. The second-order valence-corrected chi connectivity index (χ2v) is 6.83. The molecule has 5 heteroatoms. The van der Waals surface area contributed by atoms with Crippen molar-refractivity contribution in [3.63, 3.8) is 0 Å². The van der Waals surface area contributed by atoms with Gasteiger partial charge in [-0.2, -0.15) is 10.1 Å². The van der Waals surface area contributed by atoms with Crippen LogP contribution in [0.5, 0.6) is 0 Å². The van der Waals surface area contributed by atoms with Gasteiger partial charge in [0.1, 0.15) is 0 Å². The third-order valence-corrected chi connectivity index (χ3v) is 4.77. The van der Waals surface area contributed by atoms with Crippen LogP contribution in [0.4, 0.5) is 17.5 Å². The molecule has 0 radical (unpaired) electrons. The highest BCUT2D eigenvalue weighted by atomic mass is 15.3. The maximum atomic E-state index is 4.73. The molecule has 0 aliphatic rings. The SMILES string of the molecule is Cc1ccccc1CNc1nncc(N(Cc2ccccc2)c2ccccc2)n1. The monoisotopic (exact) mass is 381 g/mol. The average Bonchev–Trinajstić information content (AvgIpc) is 2.78. The minimum Gasteiger partial charge on any atom is -0.349 e. The molecule has 0 bridgehead atoms. The Hall–Kier alpha value is -3.73. The summed E-state index contributed by atoms with van der Waals surface area (Å²) in [6, 6.07) is 28.8. The van der Waals surface area contributed by atoms with E-state index in [-0.39, 0.29) is 0 Å². The molecule has 29 heavy (non-hydrogen) atoms. The Kier molecular flexibility index (Phi) is 5.76. The van der Waals surface area contributed by atoms with Crippen LogP contribution in [0, 0.1) is 6.92 Å². The molecule has 0 saturated carbocycles. The predicted octanol–water partition coefficient (Wildman–Crippen LogP) is 5.13. The zero-order valence-electron chi connectivity index (χ0n) is 16.4. The Morgan fingerprint density at radius 1 is 0.828 bits per heavy atom. The molecule has 0 spiro atoms. The number of aryl methyl sites for hydroxylation is 1. The van der Waals surface area contributed by atoms with Gasteiger partial charge in [-0.1, -0.05) is 72.8 Å². The second kappa shape index (κ2) is 8.97. The van der Waals surface area contributed by atoms with Crippen LogP contribution in [-0.2, 0) is 13.1 Å². The number of benzene rings is 3. The van der Waals surface area contributed by atoms with Crippen LogP contribution >= 0.6 is 0 Å². The van der Waals surface area contributed by atoms with Crippen LogP contribution in [0.3, 0.4) is 0 Å². The summed E-state index contributed by atoms with van der Waals surface area (Å²) in [5, 5.41) is 11.7. The van der Waals surface area contributed by atoms with Crippen molar-refractivity contribution in [3.8, 4) is 0 Å². The quantitative estimate of drug-likeness (QED) is 0.481. The summed E-state index contributed by atoms with van der Waals surface area (Å²) < 4.78 is 0. The molecule has 1 aromatic heterocycles. The zero-order valence-corrected chi connectivity index (χ0v) is 16.4. The number of hydrogen-bond acceptors (Lipinski definition) is 5. The molecule has 144 valence electrons. The lowest BCUT2D eigenvalue weighted by atomic mass is 10.1. The summed E-state index contributed by atoms with van der Waals surface area (Å²) in [6.45, 7) is 3.45. The molecule has 0 aliphatic carbocycles. The lowest BCUT2D eigenvalue weighted by Gasteiger charge is -2.24. The van der Waals surface area contributed by atoms with Crippen molar-refractivity contribution in [2.24, 2.45) is 0 Å². The fourth-order valence-electron chi connectivity index (χ4n) is 3.16. The van der Waals surface area contributed by atoms with Crippen LogP contribution < -0.4 is 10.2 Å². The van der Waals surface area contributed by atoms with Crippen LogP contribution in [0.25, 0.3) is 0 Å². The molecule has 0 fully saturated rings. The molecule has 4 aromatic rings. The third-order valence-electron chi connectivity index (χ3n) is 4.77. The minimum absolute atomic E-state index is 0.514. The molecule has 0 atom stereocenters. The van der Waals surface area contributed by atoms with E-state index in [9.17, 15) is 0 Å². The van der Waals surface area contributed by atoms with Gasteiger partial charge in [0.15, 0.2) is 5.82 Å². The predicted molar refractivity (Wildman–Crippen MR) is 117 cm³/mol. The molecule has 0 unspecified atom stereocenters. The molecule has 1 N–H and O–H groups in total. The van der Waals surface area contributed by atoms with Gasteiger partial charge in [-0.3, -0.25) is 0 Å². The first kappa shape index (κ1) is 18.6. The first-order valence-corrected chi connectivity index (χ1v) is 9.64. The zero-order chi connectivity index (χ0) is 19.9. The van der Waals surface area contributed by atoms with E-state index in [1.807, 2.05) is 48.5 Å². The first-order chi connectivity index (χ1) is 14.3. The van der Waals surface area contributed by atoms with Crippen molar-refractivity contribution in [1.29, 1.82) is 0 Å².